The van der Waals surface area contributed by atoms with Crippen LogP contribution >= 0.6 is 23.2 Å². The Hall–Kier alpha value is -2.21. The first-order chi connectivity index (χ1) is 17.6. The first-order valence-corrected chi connectivity index (χ1v) is 15.8. The molecule has 0 spiro atoms. The summed E-state index contributed by atoms with van der Waals surface area (Å²) in [5, 5.41) is 3.58. The molecule has 2 aromatic rings. The van der Waals surface area contributed by atoms with E-state index in [1.165, 1.54) is 11.2 Å². The fourth-order valence-electron chi connectivity index (χ4n) is 3.71. The summed E-state index contributed by atoms with van der Waals surface area (Å²) >= 11 is 12.4. The van der Waals surface area contributed by atoms with Crippen LogP contribution in [0.2, 0.25) is 28.4 Å². The number of rotatable bonds is 8. The summed E-state index contributed by atoms with van der Waals surface area (Å²) in [4.78, 5) is 27.6. The van der Waals surface area contributed by atoms with Gasteiger partial charge in [-0.25, -0.2) is 9.97 Å². The predicted octanol–water partition coefficient (Wildman–Crippen LogP) is 7.07. The molecule has 7 nitrogen and oxygen atoms in total. The minimum Gasteiger partial charge on any atom is -0.415 e. The molecule has 0 fully saturated rings. The summed E-state index contributed by atoms with van der Waals surface area (Å²) in [5.74, 6) is -0.488. The summed E-state index contributed by atoms with van der Waals surface area (Å²) in [5.41, 5.74) is 2.49. The number of amides is 1. The molecular formula is C25H31Cl2F3N4O3Si. The quantitative estimate of drug-likeness (QED) is 0.187. The van der Waals surface area contributed by atoms with Crippen LogP contribution in [0, 0.1) is 0 Å². The molecular weight excluding hydrogens is 560 g/mol. The maximum atomic E-state index is 13.7. The number of oxime groups is 1. The van der Waals surface area contributed by atoms with Gasteiger partial charge in [-0.1, -0.05) is 55.2 Å². The lowest BCUT2D eigenvalue weighted by Crippen LogP contribution is -2.43. The highest BCUT2D eigenvalue weighted by atomic mass is 35.5. The molecule has 1 aromatic carbocycles. The van der Waals surface area contributed by atoms with Gasteiger partial charge in [0.25, 0.3) is 5.91 Å². The van der Waals surface area contributed by atoms with Gasteiger partial charge in [-0.15, -0.1) is 0 Å². The SMILES string of the molecule is CC(C)(C)[Si](C)(C)OCCN(C(=O)c1c(Cl)ncnc1Cl)c1ccc2c(c1)CCCC2=NOCC(F)(F)F. The second-order valence-electron chi connectivity index (χ2n) is 10.5. The van der Waals surface area contributed by atoms with Gasteiger partial charge in [0.1, 0.15) is 22.2 Å². The number of hydrogen-bond acceptors (Lipinski definition) is 6. The zero-order chi connectivity index (χ0) is 28.3. The number of anilines is 1. The van der Waals surface area contributed by atoms with E-state index in [-0.39, 0.29) is 34.1 Å². The Bertz CT molecular complexity index is 1180. The van der Waals surface area contributed by atoms with Crippen LogP contribution in [0.4, 0.5) is 18.9 Å². The fraction of sp³-hybridized carbons (Fsp3) is 0.520. The molecule has 3 rings (SSSR count). The number of carbonyl (C=O) groups excluding carboxylic acids is 1. The number of aromatic nitrogens is 2. The molecule has 1 amide bonds. The molecule has 0 bridgehead atoms. The van der Waals surface area contributed by atoms with Crippen LogP contribution in [-0.2, 0) is 15.7 Å². The van der Waals surface area contributed by atoms with Crippen molar-refractivity contribution in [2.24, 2.45) is 5.16 Å². The lowest BCUT2D eigenvalue weighted by Gasteiger charge is -2.37. The average Bonchev–Trinajstić information content (AvgIpc) is 2.80. The fourth-order valence-corrected chi connectivity index (χ4v) is 5.22. The lowest BCUT2D eigenvalue weighted by atomic mass is 9.89. The first-order valence-electron chi connectivity index (χ1n) is 12.1. The second-order valence-corrected chi connectivity index (χ2v) is 16.0. The number of carbonyl (C=O) groups is 1. The van der Waals surface area contributed by atoms with Gasteiger partial charge in [0, 0.05) is 17.8 Å². The zero-order valence-electron chi connectivity index (χ0n) is 22.0. The van der Waals surface area contributed by atoms with E-state index < -0.39 is 27.0 Å². The van der Waals surface area contributed by atoms with Crippen LogP contribution in [0.5, 0.6) is 0 Å². The van der Waals surface area contributed by atoms with Crippen LogP contribution in [0.15, 0.2) is 29.7 Å². The number of aryl methyl sites for hydroxylation is 1. The number of benzene rings is 1. The van der Waals surface area contributed by atoms with Crippen molar-refractivity contribution in [1.29, 1.82) is 0 Å². The predicted molar refractivity (Wildman–Crippen MR) is 145 cm³/mol. The molecule has 0 saturated heterocycles. The smallest absolute Gasteiger partial charge is 0.415 e. The largest absolute Gasteiger partial charge is 0.425 e. The Morgan fingerprint density at radius 2 is 1.79 bits per heavy atom. The maximum Gasteiger partial charge on any atom is 0.425 e. The Morgan fingerprint density at radius 1 is 1.13 bits per heavy atom. The molecule has 0 aliphatic heterocycles. The van der Waals surface area contributed by atoms with E-state index >= 15 is 0 Å². The van der Waals surface area contributed by atoms with Gasteiger partial charge in [0.05, 0.1) is 12.3 Å². The highest BCUT2D eigenvalue weighted by Crippen LogP contribution is 2.37. The number of nitrogens with zero attached hydrogens (tertiary/aromatic N) is 4. The third-order valence-corrected chi connectivity index (χ3v) is 11.9. The Labute approximate surface area is 231 Å². The summed E-state index contributed by atoms with van der Waals surface area (Å²) < 4.78 is 43.8. The topological polar surface area (TPSA) is 76.9 Å². The number of fused-ring (bicyclic) bond motifs is 1. The van der Waals surface area contributed by atoms with Crippen molar-refractivity contribution in [2.75, 3.05) is 24.7 Å². The Kier molecular flexibility index (Phi) is 9.49. The summed E-state index contributed by atoms with van der Waals surface area (Å²) in [7, 11) is -2.09. The first kappa shape index (κ1) is 30.3. The van der Waals surface area contributed by atoms with Crippen LogP contribution in [0.3, 0.4) is 0 Å². The molecule has 13 heteroatoms. The summed E-state index contributed by atoms with van der Waals surface area (Å²) in [6.07, 6.45) is -1.47. The molecule has 38 heavy (non-hydrogen) atoms. The van der Waals surface area contributed by atoms with Crippen LogP contribution in [0.25, 0.3) is 0 Å². The minimum absolute atomic E-state index is 0.0164. The van der Waals surface area contributed by atoms with Crippen molar-refractivity contribution in [2.45, 2.75) is 64.3 Å². The van der Waals surface area contributed by atoms with E-state index in [2.05, 4.69) is 53.8 Å². The molecule has 0 atom stereocenters. The van der Waals surface area contributed by atoms with E-state index in [1.54, 1.807) is 12.1 Å². The molecule has 0 radical (unpaired) electrons. The third-order valence-electron chi connectivity index (χ3n) is 6.77. The molecule has 1 heterocycles. The van der Waals surface area contributed by atoms with Crippen molar-refractivity contribution in [1.82, 2.24) is 9.97 Å². The minimum atomic E-state index is -4.47. The van der Waals surface area contributed by atoms with Gasteiger partial charge in [-0.3, -0.25) is 4.79 Å². The van der Waals surface area contributed by atoms with Crippen LogP contribution in [0.1, 0.15) is 55.1 Å². The second kappa shape index (κ2) is 11.9. The van der Waals surface area contributed by atoms with Crippen molar-refractivity contribution in [3.63, 3.8) is 0 Å². The average molecular weight is 592 g/mol. The summed E-state index contributed by atoms with van der Waals surface area (Å²) in [6.45, 7) is 9.66. The number of hydrogen-bond donors (Lipinski definition) is 0. The normalized spacial score (nSPS) is 15.4. The standard InChI is InChI=1S/C25H31Cl2F3N4O3Si/c1-24(2,3)38(4,5)37-12-11-34(23(35)20-21(26)31-15-32-22(20)27)17-9-10-18-16(13-17)7-6-8-19(18)33-36-14-25(28,29)30/h9-10,13,15H,6-8,11-12,14H2,1-5H3. The molecule has 0 unspecified atom stereocenters. The molecule has 1 aromatic heterocycles. The highest BCUT2D eigenvalue weighted by molar-refractivity contribution is 6.74. The summed E-state index contributed by atoms with van der Waals surface area (Å²) in [6, 6.07) is 5.27. The van der Waals surface area contributed by atoms with E-state index in [0.29, 0.717) is 36.2 Å². The van der Waals surface area contributed by atoms with Gasteiger partial charge in [0.2, 0.25) is 6.61 Å². The van der Waals surface area contributed by atoms with Gasteiger partial charge < -0.3 is 14.2 Å². The van der Waals surface area contributed by atoms with Crippen molar-refractivity contribution in [3.05, 3.63) is 51.5 Å². The van der Waals surface area contributed by atoms with Gasteiger partial charge in [0.15, 0.2) is 8.32 Å². The van der Waals surface area contributed by atoms with E-state index in [0.717, 1.165) is 5.56 Å². The van der Waals surface area contributed by atoms with E-state index in [4.69, 9.17) is 27.6 Å². The lowest BCUT2D eigenvalue weighted by molar-refractivity contribution is -0.173. The molecule has 208 valence electrons. The van der Waals surface area contributed by atoms with Gasteiger partial charge in [-0.2, -0.15) is 13.2 Å². The van der Waals surface area contributed by atoms with Crippen molar-refractivity contribution in [3.8, 4) is 0 Å². The monoisotopic (exact) mass is 590 g/mol. The highest BCUT2D eigenvalue weighted by Gasteiger charge is 2.37. The van der Waals surface area contributed by atoms with Gasteiger partial charge in [-0.05, 0) is 55.1 Å². The number of halogens is 5. The zero-order valence-corrected chi connectivity index (χ0v) is 24.5. The molecule has 0 saturated carbocycles. The number of alkyl halides is 3. The molecule has 1 aliphatic carbocycles. The van der Waals surface area contributed by atoms with Gasteiger partial charge >= 0.3 is 6.18 Å². The van der Waals surface area contributed by atoms with Crippen LogP contribution in [-0.4, -0.2) is 55.8 Å². The maximum absolute atomic E-state index is 13.7. The Morgan fingerprint density at radius 3 is 2.39 bits per heavy atom. The molecule has 0 N–H and O–H groups in total. The van der Waals surface area contributed by atoms with E-state index in [9.17, 15) is 18.0 Å². The van der Waals surface area contributed by atoms with Crippen LogP contribution < -0.4 is 4.90 Å². The van der Waals surface area contributed by atoms with Crippen molar-refractivity contribution >= 4 is 48.8 Å². The van der Waals surface area contributed by atoms with E-state index in [1.807, 2.05) is 6.07 Å². The Balaban J connectivity index is 1.94. The third kappa shape index (κ3) is 7.46. The van der Waals surface area contributed by atoms with Crippen molar-refractivity contribution < 1.29 is 27.2 Å². The molecule has 1 aliphatic rings.